The molecule has 1 fully saturated rings. The van der Waals surface area contributed by atoms with E-state index in [2.05, 4.69) is 10.00 Å². The molecular formula is C15H26N4O2S. The highest BCUT2D eigenvalue weighted by atomic mass is 32.2. The number of sulfonamides is 1. The minimum absolute atomic E-state index is 0.128. The van der Waals surface area contributed by atoms with Crippen LogP contribution in [0.3, 0.4) is 0 Å². The van der Waals surface area contributed by atoms with Gasteiger partial charge in [-0.05, 0) is 38.4 Å². The smallest absolute Gasteiger partial charge is 0.214 e. The first-order valence-electron chi connectivity index (χ1n) is 8.32. The summed E-state index contributed by atoms with van der Waals surface area (Å²) in [7, 11) is -3.15. The molecule has 1 aromatic heterocycles. The number of nitrogens with zero attached hydrogens (tertiary/aromatic N) is 4. The van der Waals surface area contributed by atoms with E-state index in [1.165, 1.54) is 19.3 Å². The van der Waals surface area contributed by atoms with Crippen molar-refractivity contribution in [3.63, 3.8) is 0 Å². The molecule has 1 aromatic rings. The predicted molar refractivity (Wildman–Crippen MR) is 86.0 cm³/mol. The topological polar surface area (TPSA) is 58.4 Å². The van der Waals surface area contributed by atoms with E-state index in [-0.39, 0.29) is 11.8 Å². The van der Waals surface area contributed by atoms with E-state index in [4.69, 9.17) is 0 Å². The summed E-state index contributed by atoms with van der Waals surface area (Å²) >= 11 is 0. The fourth-order valence-corrected chi connectivity index (χ4v) is 5.03. The van der Waals surface area contributed by atoms with Crippen molar-refractivity contribution in [1.29, 1.82) is 0 Å². The molecule has 0 saturated carbocycles. The molecule has 0 N–H and O–H groups in total. The molecule has 0 spiro atoms. The van der Waals surface area contributed by atoms with Crippen LogP contribution in [0, 0.1) is 0 Å². The summed E-state index contributed by atoms with van der Waals surface area (Å²) in [6.07, 6.45) is 6.25. The minimum Gasteiger partial charge on any atom is -0.301 e. The van der Waals surface area contributed by atoms with Crippen molar-refractivity contribution in [1.82, 2.24) is 19.0 Å². The van der Waals surface area contributed by atoms with Crippen LogP contribution in [0.15, 0.2) is 12.3 Å². The summed E-state index contributed by atoms with van der Waals surface area (Å²) in [6, 6.07) is 2.07. The fourth-order valence-electron chi connectivity index (χ4n) is 3.53. The van der Waals surface area contributed by atoms with Crippen LogP contribution in [-0.4, -0.2) is 59.3 Å². The van der Waals surface area contributed by atoms with Gasteiger partial charge in [0.2, 0.25) is 10.0 Å². The van der Waals surface area contributed by atoms with Crippen LogP contribution < -0.4 is 0 Å². The number of aromatic nitrogens is 2. The monoisotopic (exact) mass is 326 g/mol. The molecule has 0 unspecified atom stereocenters. The Labute approximate surface area is 133 Å². The highest BCUT2D eigenvalue weighted by Crippen LogP contribution is 2.25. The van der Waals surface area contributed by atoms with E-state index in [1.54, 1.807) is 10.5 Å². The van der Waals surface area contributed by atoms with E-state index < -0.39 is 10.0 Å². The lowest BCUT2D eigenvalue weighted by molar-refractivity contribution is 0.160. The van der Waals surface area contributed by atoms with E-state index >= 15 is 0 Å². The number of fused-ring (bicyclic) bond motifs is 1. The van der Waals surface area contributed by atoms with E-state index in [0.29, 0.717) is 19.5 Å². The number of rotatable bonds is 5. The van der Waals surface area contributed by atoms with Crippen LogP contribution in [0.4, 0.5) is 0 Å². The first-order valence-corrected chi connectivity index (χ1v) is 9.93. The van der Waals surface area contributed by atoms with Crippen LogP contribution in [0.2, 0.25) is 0 Å². The number of likely N-dealkylation sites (tertiary alicyclic amines) is 1. The first kappa shape index (κ1) is 16.0. The van der Waals surface area contributed by atoms with Crippen molar-refractivity contribution in [3.05, 3.63) is 18.0 Å². The molecule has 3 rings (SSSR count). The Bertz CT molecular complexity index is 592. The fraction of sp³-hybridized carbons (Fsp3) is 0.800. The van der Waals surface area contributed by atoms with Gasteiger partial charge in [0.1, 0.15) is 0 Å². The zero-order valence-electron chi connectivity index (χ0n) is 13.3. The van der Waals surface area contributed by atoms with Gasteiger partial charge in [0.25, 0.3) is 0 Å². The van der Waals surface area contributed by atoms with E-state index in [0.717, 1.165) is 25.3 Å². The van der Waals surface area contributed by atoms with E-state index in [9.17, 15) is 8.42 Å². The van der Waals surface area contributed by atoms with Crippen molar-refractivity contribution in [2.45, 2.75) is 45.2 Å². The summed E-state index contributed by atoms with van der Waals surface area (Å²) < 4.78 is 28.6. The molecule has 0 aliphatic carbocycles. The Kier molecular flexibility index (Phi) is 4.84. The summed E-state index contributed by atoms with van der Waals surface area (Å²) in [5.74, 6) is 0.234. The standard InChI is InChI=1S/C15H26N4O2S/c1-2-10-22(20,21)18-12-14-6-7-16-19(14)15(13-18)11-17-8-4-3-5-9-17/h6-7,15H,2-5,8-13H2,1H3/t15-/m1/s1. The minimum atomic E-state index is -3.15. The maximum Gasteiger partial charge on any atom is 0.214 e. The van der Waals surface area contributed by atoms with Crippen LogP contribution >= 0.6 is 0 Å². The molecule has 6 nitrogen and oxygen atoms in total. The highest BCUT2D eigenvalue weighted by molar-refractivity contribution is 7.89. The van der Waals surface area contributed by atoms with Gasteiger partial charge < -0.3 is 4.90 Å². The summed E-state index contributed by atoms with van der Waals surface area (Å²) in [5.41, 5.74) is 1.01. The molecular weight excluding hydrogens is 300 g/mol. The van der Waals surface area contributed by atoms with Crippen molar-refractivity contribution >= 4 is 10.0 Å². The lowest BCUT2D eigenvalue weighted by Gasteiger charge is -2.37. The maximum atomic E-state index is 12.4. The molecule has 7 heteroatoms. The molecule has 0 aromatic carbocycles. The highest BCUT2D eigenvalue weighted by Gasteiger charge is 2.33. The van der Waals surface area contributed by atoms with Crippen molar-refractivity contribution in [2.24, 2.45) is 0 Å². The van der Waals surface area contributed by atoms with Gasteiger partial charge in [-0.15, -0.1) is 0 Å². The third-order valence-electron chi connectivity index (χ3n) is 4.62. The van der Waals surface area contributed by atoms with Gasteiger partial charge in [-0.3, -0.25) is 4.68 Å². The van der Waals surface area contributed by atoms with Gasteiger partial charge in [0.05, 0.1) is 24.0 Å². The van der Waals surface area contributed by atoms with Crippen LogP contribution in [-0.2, 0) is 16.6 Å². The molecule has 0 radical (unpaired) electrons. The normalized spacial score (nSPS) is 24.3. The second-order valence-electron chi connectivity index (χ2n) is 6.39. The molecule has 0 bridgehead atoms. The van der Waals surface area contributed by atoms with Crippen LogP contribution in [0.1, 0.15) is 44.3 Å². The van der Waals surface area contributed by atoms with Crippen molar-refractivity contribution < 1.29 is 8.42 Å². The van der Waals surface area contributed by atoms with Crippen LogP contribution in [0.5, 0.6) is 0 Å². The van der Waals surface area contributed by atoms with Gasteiger partial charge in [0, 0.05) is 19.3 Å². The van der Waals surface area contributed by atoms with Gasteiger partial charge in [-0.2, -0.15) is 9.40 Å². The molecule has 22 heavy (non-hydrogen) atoms. The average Bonchev–Trinajstić information content (AvgIpc) is 2.97. The summed E-state index contributed by atoms with van der Waals surface area (Å²) in [5, 5.41) is 4.43. The average molecular weight is 326 g/mol. The van der Waals surface area contributed by atoms with Crippen molar-refractivity contribution in [3.8, 4) is 0 Å². The Morgan fingerprint density at radius 2 is 2.05 bits per heavy atom. The summed E-state index contributed by atoms with van der Waals surface area (Å²) in [6.45, 7) is 6.06. The third kappa shape index (κ3) is 3.36. The second-order valence-corrected chi connectivity index (χ2v) is 8.48. The SMILES string of the molecule is CCCS(=O)(=O)N1Cc2ccnn2[C@H](CN2CCCCC2)C1. The van der Waals surface area contributed by atoms with Gasteiger partial charge >= 0.3 is 0 Å². The molecule has 0 amide bonds. The Morgan fingerprint density at radius 3 is 2.77 bits per heavy atom. The molecule has 1 saturated heterocycles. The van der Waals surface area contributed by atoms with Gasteiger partial charge in [-0.25, -0.2) is 8.42 Å². The Balaban J connectivity index is 1.77. The predicted octanol–water partition coefficient (Wildman–Crippen LogP) is 1.47. The van der Waals surface area contributed by atoms with Crippen LogP contribution in [0.25, 0.3) is 0 Å². The quantitative estimate of drug-likeness (QED) is 0.822. The molecule has 1 atom stereocenters. The number of hydrogen-bond acceptors (Lipinski definition) is 4. The number of piperidine rings is 1. The first-order chi connectivity index (χ1) is 10.6. The maximum absolute atomic E-state index is 12.4. The summed E-state index contributed by atoms with van der Waals surface area (Å²) in [4.78, 5) is 2.45. The van der Waals surface area contributed by atoms with E-state index in [1.807, 2.05) is 17.7 Å². The molecule has 3 heterocycles. The zero-order chi connectivity index (χ0) is 15.6. The van der Waals surface area contributed by atoms with Crippen molar-refractivity contribution in [2.75, 3.05) is 31.9 Å². The molecule has 2 aliphatic rings. The molecule has 2 aliphatic heterocycles. The second kappa shape index (κ2) is 6.68. The lowest BCUT2D eigenvalue weighted by Crippen LogP contribution is -2.46. The molecule has 124 valence electrons. The number of hydrogen-bond donors (Lipinski definition) is 0. The van der Waals surface area contributed by atoms with Gasteiger partial charge in [0.15, 0.2) is 0 Å². The third-order valence-corrected chi connectivity index (χ3v) is 6.61. The Hall–Kier alpha value is -0.920. The zero-order valence-corrected chi connectivity index (χ0v) is 14.1. The Morgan fingerprint density at radius 1 is 1.27 bits per heavy atom. The largest absolute Gasteiger partial charge is 0.301 e. The lowest BCUT2D eigenvalue weighted by atomic mass is 10.1. The van der Waals surface area contributed by atoms with Gasteiger partial charge in [-0.1, -0.05) is 13.3 Å².